The summed E-state index contributed by atoms with van der Waals surface area (Å²) < 4.78 is 0. The second-order valence-electron chi connectivity index (χ2n) is 2.92. The van der Waals surface area contributed by atoms with E-state index in [1.165, 1.54) is 0 Å². The molecule has 1 saturated heterocycles. The number of nitrogens with zero attached hydrogens (tertiary/aromatic N) is 3. The fraction of sp³-hybridized carbons (Fsp3) is 0.444. The molecule has 0 unspecified atom stereocenters. The van der Waals surface area contributed by atoms with E-state index in [4.69, 9.17) is 0 Å². The van der Waals surface area contributed by atoms with E-state index in [2.05, 4.69) is 21.3 Å². The minimum atomic E-state index is 1.01. The summed E-state index contributed by atoms with van der Waals surface area (Å²) in [6, 6.07) is 0. The Morgan fingerprint density at radius 2 is 2.00 bits per heavy atom. The van der Waals surface area contributed by atoms with Crippen LogP contribution in [0.1, 0.15) is 12.8 Å². The average molecular weight is 162 g/mol. The highest BCUT2D eigenvalue weighted by molar-refractivity contribution is 5.35. The zero-order valence-corrected chi connectivity index (χ0v) is 6.98. The lowest BCUT2D eigenvalue weighted by atomic mass is 10.1. The van der Waals surface area contributed by atoms with Crippen LogP contribution in [0.5, 0.6) is 0 Å². The van der Waals surface area contributed by atoms with E-state index < -0.39 is 0 Å². The zero-order valence-electron chi connectivity index (χ0n) is 6.98. The van der Waals surface area contributed by atoms with Crippen LogP contribution in [0.3, 0.4) is 0 Å². The first kappa shape index (κ1) is 7.53. The molecule has 1 aliphatic heterocycles. The average Bonchev–Trinajstić information content (AvgIpc) is 2.21. The largest absolute Gasteiger partial charge is 0.355 e. The fourth-order valence-corrected chi connectivity index (χ4v) is 1.43. The Kier molecular flexibility index (Phi) is 2.21. The monoisotopic (exact) mass is 162 g/mol. The van der Waals surface area contributed by atoms with Crippen molar-refractivity contribution in [2.24, 2.45) is 0 Å². The van der Waals surface area contributed by atoms with Gasteiger partial charge in [0.2, 0.25) is 0 Å². The predicted octanol–water partition coefficient (Wildman–Crippen LogP) is 1.28. The van der Waals surface area contributed by atoms with Crippen LogP contribution in [0.15, 0.2) is 18.6 Å². The van der Waals surface area contributed by atoms with Gasteiger partial charge < -0.3 is 4.90 Å². The molecule has 0 N–H and O–H groups in total. The number of rotatable bonds is 1. The van der Waals surface area contributed by atoms with Crippen LogP contribution in [0, 0.1) is 6.42 Å². The van der Waals surface area contributed by atoms with Crippen molar-refractivity contribution in [2.45, 2.75) is 12.8 Å². The van der Waals surface area contributed by atoms with Gasteiger partial charge in [-0.15, -0.1) is 0 Å². The first-order chi connectivity index (χ1) is 5.97. The summed E-state index contributed by atoms with van der Waals surface area (Å²) in [4.78, 5) is 10.6. The van der Waals surface area contributed by atoms with E-state index in [1.54, 1.807) is 12.4 Å². The van der Waals surface area contributed by atoms with Crippen molar-refractivity contribution in [3.63, 3.8) is 0 Å². The molecular weight excluding hydrogens is 150 g/mol. The lowest BCUT2D eigenvalue weighted by Crippen LogP contribution is -2.30. The molecule has 0 atom stereocenters. The Morgan fingerprint density at radius 1 is 1.17 bits per heavy atom. The van der Waals surface area contributed by atoms with Crippen LogP contribution in [-0.2, 0) is 0 Å². The molecule has 0 aliphatic carbocycles. The summed E-state index contributed by atoms with van der Waals surface area (Å²) in [5.74, 6) is 1.01. The molecule has 0 bridgehead atoms. The third-order valence-corrected chi connectivity index (χ3v) is 2.08. The van der Waals surface area contributed by atoms with E-state index in [9.17, 15) is 0 Å². The summed E-state index contributed by atoms with van der Waals surface area (Å²) in [7, 11) is 0. The molecule has 2 rings (SSSR count). The highest BCUT2D eigenvalue weighted by Crippen LogP contribution is 2.14. The van der Waals surface area contributed by atoms with E-state index in [1.807, 2.05) is 6.20 Å². The highest BCUT2D eigenvalue weighted by Gasteiger charge is 2.11. The van der Waals surface area contributed by atoms with Crippen molar-refractivity contribution in [2.75, 3.05) is 18.0 Å². The first-order valence-corrected chi connectivity index (χ1v) is 4.29. The van der Waals surface area contributed by atoms with Crippen molar-refractivity contribution in [1.82, 2.24) is 9.97 Å². The van der Waals surface area contributed by atoms with Crippen LogP contribution >= 0.6 is 0 Å². The van der Waals surface area contributed by atoms with Crippen molar-refractivity contribution in [1.29, 1.82) is 0 Å². The van der Waals surface area contributed by atoms with Gasteiger partial charge in [0.1, 0.15) is 5.82 Å². The van der Waals surface area contributed by atoms with Crippen LogP contribution in [0.2, 0.25) is 0 Å². The molecule has 1 aliphatic rings. The van der Waals surface area contributed by atoms with E-state index in [-0.39, 0.29) is 0 Å². The summed E-state index contributed by atoms with van der Waals surface area (Å²) in [5.41, 5.74) is 0. The van der Waals surface area contributed by atoms with Gasteiger partial charge in [-0.2, -0.15) is 0 Å². The zero-order chi connectivity index (χ0) is 8.23. The fourth-order valence-electron chi connectivity index (χ4n) is 1.43. The molecule has 0 saturated carbocycles. The van der Waals surface area contributed by atoms with Gasteiger partial charge in [0, 0.05) is 25.5 Å². The van der Waals surface area contributed by atoms with Gasteiger partial charge in [-0.1, -0.05) is 0 Å². The molecule has 2 heterocycles. The number of anilines is 1. The second kappa shape index (κ2) is 3.52. The molecule has 1 fully saturated rings. The second-order valence-corrected chi connectivity index (χ2v) is 2.92. The molecule has 12 heavy (non-hydrogen) atoms. The van der Waals surface area contributed by atoms with Gasteiger partial charge in [0.15, 0.2) is 0 Å². The Labute approximate surface area is 72.4 Å². The molecule has 0 spiro atoms. The van der Waals surface area contributed by atoms with Gasteiger partial charge >= 0.3 is 0 Å². The number of aromatic nitrogens is 2. The lowest BCUT2D eigenvalue weighted by Gasteiger charge is -2.26. The van der Waals surface area contributed by atoms with Gasteiger partial charge in [-0.05, 0) is 19.3 Å². The SMILES string of the molecule is [CH]1CCN(c2cnccn2)CC1. The summed E-state index contributed by atoms with van der Waals surface area (Å²) in [6.07, 6.45) is 9.93. The van der Waals surface area contributed by atoms with Crippen molar-refractivity contribution < 1.29 is 0 Å². The van der Waals surface area contributed by atoms with E-state index in [0.717, 1.165) is 31.7 Å². The molecule has 1 aromatic heterocycles. The minimum Gasteiger partial charge on any atom is -0.355 e. The molecule has 0 amide bonds. The quantitative estimate of drug-likeness (QED) is 0.623. The summed E-state index contributed by atoms with van der Waals surface area (Å²) in [5, 5.41) is 0. The molecular formula is C9H12N3. The standard InChI is InChI=1S/C9H12N3/c1-2-6-12(7-3-1)9-8-10-4-5-11-9/h1,4-5,8H,2-3,6-7H2. The maximum atomic E-state index is 4.25. The molecule has 1 aromatic rings. The van der Waals surface area contributed by atoms with Crippen LogP contribution in [-0.4, -0.2) is 23.1 Å². The molecule has 0 aromatic carbocycles. The van der Waals surface area contributed by atoms with Crippen molar-refractivity contribution >= 4 is 5.82 Å². The Morgan fingerprint density at radius 3 is 2.67 bits per heavy atom. The Hall–Kier alpha value is -1.12. The lowest BCUT2D eigenvalue weighted by molar-refractivity contribution is 0.669. The van der Waals surface area contributed by atoms with Crippen LogP contribution in [0.4, 0.5) is 5.82 Å². The number of hydrogen-bond acceptors (Lipinski definition) is 3. The van der Waals surface area contributed by atoms with Crippen LogP contribution < -0.4 is 4.90 Å². The van der Waals surface area contributed by atoms with Gasteiger partial charge in [-0.25, -0.2) is 4.98 Å². The van der Waals surface area contributed by atoms with Crippen LogP contribution in [0.25, 0.3) is 0 Å². The molecule has 63 valence electrons. The number of hydrogen-bond donors (Lipinski definition) is 0. The normalized spacial score (nSPS) is 17.8. The summed E-state index contributed by atoms with van der Waals surface area (Å²) >= 11 is 0. The van der Waals surface area contributed by atoms with E-state index in [0.29, 0.717) is 0 Å². The van der Waals surface area contributed by atoms with Gasteiger partial charge in [0.05, 0.1) is 6.20 Å². The Balaban J connectivity index is 2.08. The van der Waals surface area contributed by atoms with Gasteiger partial charge in [-0.3, -0.25) is 4.98 Å². The third-order valence-electron chi connectivity index (χ3n) is 2.08. The Bertz CT molecular complexity index is 229. The topological polar surface area (TPSA) is 29.0 Å². The third kappa shape index (κ3) is 1.55. The smallest absolute Gasteiger partial charge is 0.147 e. The summed E-state index contributed by atoms with van der Waals surface area (Å²) in [6.45, 7) is 2.16. The molecule has 3 nitrogen and oxygen atoms in total. The van der Waals surface area contributed by atoms with Crippen molar-refractivity contribution in [3.05, 3.63) is 25.0 Å². The van der Waals surface area contributed by atoms with E-state index >= 15 is 0 Å². The van der Waals surface area contributed by atoms with Gasteiger partial charge in [0.25, 0.3) is 0 Å². The molecule has 1 radical (unpaired) electrons. The molecule has 3 heteroatoms. The van der Waals surface area contributed by atoms with Crippen molar-refractivity contribution in [3.8, 4) is 0 Å². The number of piperidine rings is 1. The predicted molar refractivity (Wildman–Crippen MR) is 47.8 cm³/mol. The first-order valence-electron chi connectivity index (χ1n) is 4.29. The maximum Gasteiger partial charge on any atom is 0.147 e. The minimum absolute atomic E-state index is 1.01. The highest BCUT2D eigenvalue weighted by atomic mass is 15.2. The maximum absolute atomic E-state index is 4.25.